The lowest BCUT2D eigenvalue weighted by atomic mass is 10.2. The van der Waals surface area contributed by atoms with Gasteiger partial charge in [0, 0.05) is 5.02 Å². The Morgan fingerprint density at radius 1 is 1.38 bits per heavy atom. The van der Waals surface area contributed by atoms with E-state index in [-0.39, 0.29) is 4.90 Å². The molecule has 1 heterocycles. The molecule has 0 unspecified atom stereocenters. The average molecular weight is 258 g/mol. The number of nitrogens with zero attached hydrogens (tertiary/aromatic N) is 3. The molecule has 0 atom stereocenters. The minimum atomic E-state index is -3.65. The monoisotopic (exact) mass is 257 g/mol. The van der Waals surface area contributed by atoms with E-state index >= 15 is 0 Å². The average Bonchev–Trinajstić information content (AvgIpc) is 2.75. The highest BCUT2D eigenvalue weighted by Crippen LogP contribution is 2.20. The second kappa shape index (κ2) is 3.88. The van der Waals surface area contributed by atoms with E-state index in [2.05, 4.69) is 10.1 Å². The summed E-state index contributed by atoms with van der Waals surface area (Å²) in [6, 6.07) is 4.48. The van der Waals surface area contributed by atoms with Crippen LogP contribution in [0.2, 0.25) is 5.02 Å². The molecule has 2 aromatic rings. The molecular weight excluding hydrogens is 250 g/mol. The normalized spacial score (nSPS) is 11.6. The molecule has 0 radical (unpaired) electrons. The molecule has 0 aliphatic rings. The summed E-state index contributed by atoms with van der Waals surface area (Å²) in [5, 5.41) is 4.13. The van der Waals surface area contributed by atoms with Crippen molar-refractivity contribution in [3.8, 4) is 0 Å². The number of halogens is 1. The first kappa shape index (κ1) is 11.1. The highest BCUT2D eigenvalue weighted by molar-refractivity contribution is 7.89. The summed E-state index contributed by atoms with van der Waals surface area (Å²) < 4.78 is 24.8. The zero-order valence-electron chi connectivity index (χ0n) is 8.33. The van der Waals surface area contributed by atoms with E-state index in [0.29, 0.717) is 10.6 Å². The van der Waals surface area contributed by atoms with Crippen LogP contribution in [0.3, 0.4) is 0 Å². The Labute approximate surface area is 97.7 Å². The summed E-state index contributed by atoms with van der Waals surface area (Å²) in [5.41, 5.74) is 0.697. The number of hydrogen-bond donors (Lipinski definition) is 0. The maximum atomic E-state index is 12.0. The lowest BCUT2D eigenvalue weighted by molar-refractivity contribution is 0.580. The van der Waals surface area contributed by atoms with Crippen molar-refractivity contribution in [3.05, 3.63) is 41.4 Å². The Bertz CT molecular complexity index is 608. The van der Waals surface area contributed by atoms with Crippen molar-refractivity contribution < 1.29 is 8.42 Å². The van der Waals surface area contributed by atoms with Crippen molar-refractivity contribution in [3.63, 3.8) is 0 Å². The number of aromatic nitrogens is 3. The van der Waals surface area contributed by atoms with Gasteiger partial charge in [0.25, 0.3) is 10.0 Å². The molecule has 0 aliphatic carbocycles. The molecule has 7 heteroatoms. The largest absolute Gasteiger partial charge is 0.284 e. The molecule has 1 aromatic heterocycles. The molecule has 1 aromatic carbocycles. The first-order chi connectivity index (χ1) is 7.51. The fourth-order valence-corrected chi connectivity index (χ4v) is 2.45. The maximum absolute atomic E-state index is 12.0. The minimum absolute atomic E-state index is 0.139. The van der Waals surface area contributed by atoms with Crippen LogP contribution < -0.4 is 0 Å². The zero-order chi connectivity index (χ0) is 11.8. The summed E-state index contributed by atoms with van der Waals surface area (Å²) >= 11 is 5.83. The van der Waals surface area contributed by atoms with E-state index in [1.165, 1.54) is 18.5 Å². The summed E-state index contributed by atoms with van der Waals surface area (Å²) in [6.07, 6.45) is 2.31. The molecule has 5 nitrogen and oxygen atoms in total. The predicted molar refractivity (Wildman–Crippen MR) is 58.8 cm³/mol. The van der Waals surface area contributed by atoms with E-state index < -0.39 is 10.0 Å². The van der Waals surface area contributed by atoms with Crippen LogP contribution in [-0.4, -0.2) is 22.6 Å². The highest BCUT2D eigenvalue weighted by atomic mass is 35.5. The van der Waals surface area contributed by atoms with Crippen LogP contribution in [-0.2, 0) is 10.0 Å². The van der Waals surface area contributed by atoms with Crippen molar-refractivity contribution in [2.75, 3.05) is 0 Å². The third kappa shape index (κ3) is 1.81. The third-order valence-electron chi connectivity index (χ3n) is 2.07. The molecule has 2 rings (SSSR count). The summed E-state index contributed by atoms with van der Waals surface area (Å²) in [6.45, 7) is 1.74. The second-order valence-electron chi connectivity index (χ2n) is 3.18. The number of aryl methyl sites for hydroxylation is 1. The fraction of sp³-hybridized carbons (Fsp3) is 0.111. The molecule has 0 fully saturated rings. The number of hydrogen-bond acceptors (Lipinski definition) is 4. The molecule has 16 heavy (non-hydrogen) atoms. The smallest absolute Gasteiger partial charge is 0.222 e. The summed E-state index contributed by atoms with van der Waals surface area (Å²) in [4.78, 5) is 3.74. The van der Waals surface area contributed by atoms with E-state index in [9.17, 15) is 8.42 Å². The van der Waals surface area contributed by atoms with Gasteiger partial charge in [0.05, 0.1) is 4.90 Å². The Morgan fingerprint density at radius 2 is 2.12 bits per heavy atom. The molecule has 0 saturated heterocycles. The quantitative estimate of drug-likeness (QED) is 0.817. The second-order valence-corrected chi connectivity index (χ2v) is 5.39. The van der Waals surface area contributed by atoms with Gasteiger partial charge in [-0.1, -0.05) is 11.6 Å². The molecule has 84 valence electrons. The van der Waals surface area contributed by atoms with Crippen LogP contribution in [0.4, 0.5) is 0 Å². The standard InChI is InChI=1S/C9H8ClN3O2S/c1-7-4-8(2-3-9(7)10)16(14,15)13-6-11-5-12-13/h2-6H,1H3. The van der Waals surface area contributed by atoms with Crippen LogP contribution in [0.5, 0.6) is 0 Å². The van der Waals surface area contributed by atoms with Gasteiger partial charge >= 0.3 is 0 Å². The van der Waals surface area contributed by atoms with Gasteiger partial charge in [0.2, 0.25) is 0 Å². The zero-order valence-corrected chi connectivity index (χ0v) is 9.90. The van der Waals surface area contributed by atoms with Crippen LogP contribution in [0.15, 0.2) is 35.7 Å². The van der Waals surface area contributed by atoms with Crippen LogP contribution in [0, 0.1) is 6.92 Å². The SMILES string of the molecule is Cc1cc(S(=O)(=O)n2cncn2)ccc1Cl. The van der Waals surface area contributed by atoms with Gasteiger partial charge in [-0.05, 0) is 30.7 Å². The van der Waals surface area contributed by atoms with Crippen molar-refractivity contribution in [2.24, 2.45) is 0 Å². The van der Waals surface area contributed by atoms with Gasteiger partial charge in [-0.3, -0.25) is 0 Å². The third-order valence-corrected chi connectivity index (χ3v) is 4.03. The van der Waals surface area contributed by atoms with Crippen LogP contribution in [0.25, 0.3) is 0 Å². The highest BCUT2D eigenvalue weighted by Gasteiger charge is 2.17. The van der Waals surface area contributed by atoms with Crippen molar-refractivity contribution >= 4 is 21.6 Å². The predicted octanol–water partition coefficient (Wildman–Crippen LogP) is 1.48. The first-order valence-electron chi connectivity index (χ1n) is 4.38. The topological polar surface area (TPSA) is 64.8 Å². The van der Waals surface area contributed by atoms with Gasteiger partial charge in [0.1, 0.15) is 12.7 Å². The summed E-state index contributed by atoms with van der Waals surface area (Å²) in [7, 11) is -3.65. The van der Waals surface area contributed by atoms with E-state index in [0.717, 1.165) is 10.4 Å². The number of benzene rings is 1. The van der Waals surface area contributed by atoms with Crippen LogP contribution in [0.1, 0.15) is 5.56 Å². The Morgan fingerprint density at radius 3 is 2.69 bits per heavy atom. The Kier molecular flexibility index (Phi) is 2.69. The maximum Gasteiger partial charge on any atom is 0.284 e. The van der Waals surface area contributed by atoms with Crippen molar-refractivity contribution in [2.45, 2.75) is 11.8 Å². The van der Waals surface area contributed by atoms with Crippen molar-refractivity contribution in [1.82, 2.24) is 14.2 Å². The first-order valence-corrected chi connectivity index (χ1v) is 6.20. The molecule has 0 aliphatic heterocycles. The van der Waals surface area contributed by atoms with Gasteiger partial charge in [-0.2, -0.15) is 8.42 Å². The molecule has 0 amide bonds. The van der Waals surface area contributed by atoms with Crippen LogP contribution >= 0.6 is 11.6 Å². The van der Waals surface area contributed by atoms with Gasteiger partial charge in [-0.25, -0.2) is 4.98 Å². The van der Waals surface area contributed by atoms with Gasteiger partial charge in [0.15, 0.2) is 0 Å². The molecule has 0 spiro atoms. The van der Waals surface area contributed by atoms with Crippen molar-refractivity contribution in [1.29, 1.82) is 0 Å². The Hall–Kier alpha value is -1.40. The van der Waals surface area contributed by atoms with Gasteiger partial charge in [-0.15, -0.1) is 9.19 Å². The molecule has 0 N–H and O–H groups in total. The summed E-state index contributed by atoms with van der Waals surface area (Å²) in [5.74, 6) is 0. The lowest BCUT2D eigenvalue weighted by Gasteiger charge is -2.05. The van der Waals surface area contributed by atoms with E-state index in [1.807, 2.05) is 0 Å². The lowest BCUT2D eigenvalue weighted by Crippen LogP contribution is -2.13. The van der Waals surface area contributed by atoms with E-state index in [4.69, 9.17) is 11.6 Å². The molecule has 0 saturated carbocycles. The number of rotatable bonds is 2. The van der Waals surface area contributed by atoms with Gasteiger partial charge < -0.3 is 0 Å². The fourth-order valence-electron chi connectivity index (χ4n) is 1.21. The molecular formula is C9H8ClN3O2S. The Balaban J connectivity index is 2.57. The minimum Gasteiger partial charge on any atom is -0.222 e. The molecule has 0 bridgehead atoms. The van der Waals surface area contributed by atoms with E-state index in [1.54, 1.807) is 13.0 Å².